The summed E-state index contributed by atoms with van der Waals surface area (Å²) in [7, 11) is 1.51. The summed E-state index contributed by atoms with van der Waals surface area (Å²) in [5, 5.41) is 1.15. The highest BCUT2D eigenvalue weighted by Crippen LogP contribution is 2.33. The summed E-state index contributed by atoms with van der Waals surface area (Å²) in [5.74, 6) is 0.669. The second-order valence-electron chi connectivity index (χ2n) is 7.59. The first-order valence-corrected chi connectivity index (χ1v) is 11.3. The number of aromatic nitrogens is 3. The lowest BCUT2D eigenvalue weighted by Crippen LogP contribution is -2.22. The topological polar surface area (TPSA) is 59.9 Å². The van der Waals surface area contributed by atoms with Crippen molar-refractivity contribution in [1.82, 2.24) is 14.5 Å². The standard InChI is InChI=1S/C25H18F3N3O2S/c1-33-20-12-5-4-11-19(20)31-23(32)22-21(17-9-2-3-10-18(17)29-22)30-24(31)34-14-15-7-6-8-16(13-15)25(26,27)28/h2-13,29H,14H2,1H3. The zero-order chi connectivity index (χ0) is 23.9. The molecule has 0 saturated carbocycles. The van der Waals surface area contributed by atoms with Crippen LogP contribution in [0.4, 0.5) is 13.2 Å². The van der Waals surface area contributed by atoms with Crippen LogP contribution in [0.3, 0.4) is 0 Å². The fourth-order valence-electron chi connectivity index (χ4n) is 3.85. The maximum Gasteiger partial charge on any atom is 0.416 e. The molecule has 9 heteroatoms. The number of ether oxygens (including phenoxy) is 1. The van der Waals surface area contributed by atoms with Gasteiger partial charge in [-0.15, -0.1) is 0 Å². The van der Waals surface area contributed by atoms with Crippen molar-refractivity contribution >= 4 is 33.7 Å². The number of H-pyrrole nitrogens is 1. The number of methoxy groups -OCH3 is 1. The molecule has 5 aromatic rings. The molecule has 0 unspecified atom stereocenters. The molecule has 2 heterocycles. The van der Waals surface area contributed by atoms with Gasteiger partial charge in [0.1, 0.15) is 16.8 Å². The van der Waals surface area contributed by atoms with Gasteiger partial charge in [0.05, 0.1) is 18.4 Å². The Balaban J connectivity index is 1.68. The second-order valence-corrected chi connectivity index (χ2v) is 8.53. The Morgan fingerprint density at radius 3 is 2.59 bits per heavy atom. The highest BCUT2D eigenvalue weighted by atomic mass is 32.2. The van der Waals surface area contributed by atoms with E-state index < -0.39 is 11.7 Å². The van der Waals surface area contributed by atoms with E-state index in [0.717, 1.165) is 23.0 Å². The number of thioether (sulfide) groups is 1. The van der Waals surface area contributed by atoms with Gasteiger partial charge in [0.25, 0.3) is 5.56 Å². The lowest BCUT2D eigenvalue weighted by Gasteiger charge is -2.15. The van der Waals surface area contributed by atoms with E-state index in [2.05, 4.69) is 4.98 Å². The van der Waals surface area contributed by atoms with Crippen molar-refractivity contribution in [2.24, 2.45) is 0 Å². The molecule has 0 saturated heterocycles. The van der Waals surface area contributed by atoms with Crippen LogP contribution in [0.1, 0.15) is 11.1 Å². The van der Waals surface area contributed by atoms with Gasteiger partial charge in [-0.25, -0.2) is 9.55 Å². The average Bonchev–Trinajstić information content (AvgIpc) is 3.21. The van der Waals surface area contributed by atoms with E-state index >= 15 is 0 Å². The van der Waals surface area contributed by atoms with Gasteiger partial charge in [0, 0.05) is 16.7 Å². The predicted octanol–water partition coefficient (Wildman–Crippen LogP) is 6.19. The fourth-order valence-corrected chi connectivity index (χ4v) is 4.79. The highest BCUT2D eigenvalue weighted by molar-refractivity contribution is 7.98. The molecule has 0 bridgehead atoms. The first-order chi connectivity index (χ1) is 16.4. The number of nitrogens with one attached hydrogen (secondary N) is 1. The van der Waals surface area contributed by atoms with E-state index in [1.165, 1.54) is 29.5 Å². The van der Waals surface area contributed by atoms with Crippen molar-refractivity contribution in [3.05, 3.63) is 94.3 Å². The predicted molar refractivity (Wildman–Crippen MR) is 127 cm³/mol. The summed E-state index contributed by atoms with van der Waals surface area (Å²) in [6, 6.07) is 19.6. The quantitative estimate of drug-likeness (QED) is 0.240. The van der Waals surface area contributed by atoms with Crippen LogP contribution in [0.2, 0.25) is 0 Å². The molecule has 0 atom stereocenters. The van der Waals surface area contributed by atoms with Crippen LogP contribution in [0.5, 0.6) is 5.75 Å². The average molecular weight is 481 g/mol. The van der Waals surface area contributed by atoms with E-state index in [1.807, 2.05) is 24.3 Å². The molecule has 0 fully saturated rings. The number of benzene rings is 3. The van der Waals surface area contributed by atoms with Gasteiger partial charge in [-0.1, -0.05) is 60.3 Å². The number of halogens is 3. The van der Waals surface area contributed by atoms with E-state index in [1.54, 1.807) is 30.3 Å². The zero-order valence-electron chi connectivity index (χ0n) is 17.9. The van der Waals surface area contributed by atoms with Crippen molar-refractivity contribution in [1.29, 1.82) is 0 Å². The molecule has 0 amide bonds. The molecule has 0 radical (unpaired) electrons. The molecule has 0 spiro atoms. The van der Waals surface area contributed by atoms with Gasteiger partial charge in [0.15, 0.2) is 5.16 Å². The van der Waals surface area contributed by atoms with Gasteiger partial charge in [0.2, 0.25) is 0 Å². The molecule has 0 aliphatic carbocycles. The number of aromatic amines is 1. The molecule has 5 rings (SSSR count). The SMILES string of the molecule is COc1ccccc1-n1c(SCc2cccc(C(F)(F)F)c2)nc2c([nH]c3ccccc32)c1=O. The maximum atomic E-state index is 13.7. The number of hydrogen-bond donors (Lipinski definition) is 1. The summed E-state index contributed by atoms with van der Waals surface area (Å²) < 4.78 is 46.4. The number of fused-ring (bicyclic) bond motifs is 3. The first kappa shape index (κ1) is 22.1. The zero-order valence-corrected chi connectivity index (χ0v) is 18.7. The number of alkyl halides is 3. The molecule has 1 N–H and O–H groups in total. The Kier molecular flexibility index (Phi) is 5.57. The minimum absolute atomic E-state index is 0.194. The normalized spacial score (nSPS) is 11.9. The third-order valence-electron chi connectivity index (χ3n) is 5.44. The summed E-state index contributed by atoms with van der Waals surface area (Å²) in [6.45, 7) is 0. The highest BCUT2D eigenvalue weighted by Gasteiger charge is 2.30. The smallest absolute Gasteiger partial charge is 0.416 e. The number of rotatable bonds is 5. The molecule has 2 aromatic heterocycles. The van der Waals surface area contributed by atoms with E-state index in [4.69, 9.17) is 9.72 Å². The van der Waals surface area contributed by atoms with Crippen molar-refractivity contribution in [2.45, 2.75) is 17.1 Å². The number of nitrogens with zero attached hydrogens (tertiary/aromatic N) is 2. The van der Waals surface area contributed by atoms with E-state index in [9.17, 15) is 18.0 Å². The Hall–Kier alpha value is -3.72. The molecule has 172 valence electrons. The summed E-state index contributed by atoms with van der Waals surface area (Å²) in [6.07, 6.45) is -4.43. The van der Waals surface area contributed by atoms with Gasteiger partial charge in [-0.2, -0.15) is 13.2 Å². The summed E-state index contributed by atoms with van der Waals surface area (Å²) in [5.41, 5.74) is 1.56. The Morgan fingerprint density at radius 1 is 1.03 bits per heavy atom. The van der Waals surface area contributed by atoms with Crippen LogP contribution in [0, 0.1) is 0 Å². The van der Waals surface area contributed by atoms with Crippen LogP contribution in [0.25, 0.3) is 27.6 Å². The Labute approximate surface area is 196 Å². The second kappa shape index (κ2) is 8.57. The molecular formula is C25H18F3N3O2S. The van der Waals surface area contributed by atoms with Crippen LogP contribution in [-0.2, 0) is 11.9 Å². The van der Waals surface area contributed by atoms with Crippen LogP contribution < -0.4 is 10.3 Å². The molecular weight excluding hydrogens is 463 g/mol. The molecule has 34 heavy (non-hydrogen) atoms. The lowest BCUT2D eigenvalue weighted by atomic mass is 10.1. The van der Waals surface area contributed by atoms with Crippen molar-refractivity contribution in [3.63, 3.8) is 0 Å². The Bertz CT molecular complexity index is 1570. The number of hydrogen-bond acceptors (Lipinski definition) is 4. The van der Waals surface area contributed by atoms with Gasteiger partial charge < -0.3 is 9.72 Å². The fraction of sp³-hybridized carbons (Fsp3) is 0.120. The molecule has 3 aromatic carbocycles. The van der Waals surface area contributed by atoms with Gasteiger partial charge in [-0.05, 0) is 29.8 Å². The maximum absolute atomic E-state index is 13.7. The third kappa shape index (κ3) is 3.92. The Morgan fingerprint density at radius 2 is 1.79 bits per heavy atom. The van der Waals surface area contributed by atoms with Crippen molar-refractivity contribution < 1.29 is 17.9 Å². The molecule has 5 nitrogen and oxygen atoms in total. The van der Waals surface area contributed by atoms with Gasteiger partial charge >= 0.3 is 6.18 Å². The van der Waals surface area contributed by atoms with Crippen molar-refractivity contribution in [3.8, 4) is 11.4 Å². The minimum atomic E-state index is -4.43. The van der Waals surface area contributed by atoms with Crippen LogP contribution >= 0.6 is 11.8 Å². The van der Waals surface area contributed by atoms with E-state index in [0.29, 0.717) is 33.2 Å². The monoisotopic (exact) mass is 481 g/mol. The minimum Gasteiger partial charge on any atom is -0.495 e. The van der Waals surface area contributed by atoms with E-state index in [-0.39, 0.29) is 11.3 Å². The molecule has 0 aliphatic rings. The van der Waals surface area contributed by atoms with Crippen LogP contribution in [-0.4, -0.2) is 21.6 Å². The lowest BCUT2D eigenvalue weighted by molar-refractivity contribution is -0.137. The summed E-state index contributed by atoms with van der Waals surface area (Å²) in [4.78, 5) is 21.6. The molecule has 0 aliphatic heterocycles. The summed E-state index contributed by atoms with van der Waals surface area (Å²) >= 11 is 1.19. The number of para-hydroxylation sites is 3. The van der Waals surface area contributed by atoms with Crippen LogP contribution in [0.15, 0.2) is 82.7 Å². The first-order valence-electron chi connectivity index (χ1n) is 10.3. The third-order valence-corrected chi connectivity index (χ3v) is 6.45. The largest absolute Gasteiger partial charge is 0.495 e. The van der Waals surface area contributed by atoms with Gasteiger partial charge in [-0.3, -0.25) is 4.79 Å². The van der Waals surface area contributed by atoms with Crippen molar-refractivity contribution in [2.75, 3.05) is 7.11 Å².